The monoisotopic (exact) mass is 601 g/mol. The van der Waals surface area contributed by atoms with Crippen LogP contribution in [0.15, 0.2) is 76.1 Å². The Kier molecular flexibility index (Phi) is 7.29. The van der Waals surface area contributed by atoms with Gasteiger partial charge in [-0.05, 0) is 79.8 Å². The van der Waals surface area contributed by atoms with E-state index in [2.05, 4.69) is 21.2 Å². The maximum Gasteiger partial charge on any atom is 0.264 e. The van der Waals surface area contributed by atoms with Crippen molar-refractivity contribution in [3.8, 4) is 0 Å². The molecule has 7 nitrogen and oxygen atoms in total. The Labute approximate surface area is 229 Å². The van der Waals surface area contributed by atoms with Gasteiger partial charge in [0.05, 0.1) is 21.2 Å². The molecule has 5 rings (SSSR count). The summed E-state index contributed by atoms with van der Waals surface area (Å²) < 4.78 is 29.6. The third-order valence-electron chi connectivity index (χ3n) is 6.75. The van der Waals surface area contributed by atoms with E-state index in [1.54, 1.807) is 18.2 Å². The molecule has 3 aromatic carbocycles. The number of amides is 2. The molecule has 2 aliphatic rings. The number of aryl methyl sites for hydroxylation is 1. The average molecular weight is 603 g/mol. The number of halogens is 2. The minimum atomic E-state index is -3.92. The molecule has 2 amide bonds. The second-order valence-corrected chi connectivity index (χ2v) is 12.3. The number of hydrogen-bond acceptors (Lipinski definition) is 4. The molecule has 2 aliphatic heterocycles. The number of nitrogens with one attached hydrogen (secondary N) is 1. The van der Waals surface area contributed by atoms with Crippen LogP contribution in [0, 0.1) is 0 Å². The molecule has 1 unspecified atom stereocenters. The Morgan fingerprint density at radius 2 is 1.73 bits per heavy atom. The van der Waals surface area contributed by atoms with Gasteiger partial charge in [0.15, 0.2) is 0 Å². The zero-order valence-electron chi connectivity index (χ0n) is 19.9. The fraction of sp³-hybridized carbons (Fsp3) is 0.259. The van der Waals surface area contributed by atoms with E-state index in [0.29, 0.717) is 43.7 Å². The summed E-state index contributed by atoms with van der Waals surface area (Å²) in [6.45, 7) is 0.736. The Balaban J connectivity index is 1.41. The first kappa shape index (κ1) is 25.8. The van der Waals surface area contributed by atoms with Gasteiger partial charge in [-0.15, -0.1) is 0 Å². The van der Waals surface area contributed by atoms with E-state index >= 15 is 0 Å². The van der Waals surface area contributed by atoms with Gasteiger partial charge in [0, 0.05) is 23.2 Å². The topological polar surface area (TPSA) is 86.8 Å². The van der Waals surface area contributed by atoms with Crippen LogP contribution >= 0.6 is 27.5 Å². The first-order chi connectivity index (χ1) is 17.8. The highest BCUT2D eigenvalue weighted by Gasteiger charge is 2.36. The number of rotatable bonds is 5. The van der Waals surface area contributed by atoms with Crippen LogP contribution in [0.4, 0.5) is 11.4 Å². The van der Waals surface area contributed by atoms with Crippen molar-refractivity contribution in [3.05, 3.63) is 87.4 Å². The number of benzene rings is 3. The average Bonchev–Trinajstić information content (AvgIpc) is 3.40. The van der Waals surface area contributed by atoms with Crippen LogP contribution in [0.25, 0.3) is 0 Å². The van der Waals surface area contributed by atoms with Gasteiger partial charge < -0.3 is 10.2 Å². The lowest BCUT2D eigenvalue weighted by Gasteiger charge is -2.30. The number of para-hydroxylation sites is 1. The van der Waals surface area contributed by atoms with Gasteiger partial charge in [-0.25, -0.2) is 8.42 Å². The summed E-state index contributed by atoms with van der Waals surface area (Å²) in [5.74, 6) is -0.757. The number of fused-ring (bicyclic) bond motifs is 1. The number of sulfonamides is 1. The zero-order valence-corrected chi connectivity index (χ0v) is 23.0. The molecular weight excluding hydrogens is 578 g/mol. The molecule has 1 atom stereocenters. The van der Waals surface area contributed by atoms with E-state index in [1.807, 2.05) is 30.3 Å². The normalized spacial score (nSPS) is 17.4. The highest BCUT2D eigenvalue weighted by Crippen LogP contribution is 2.33. The third kappa shape index (κ3) is 5.12. The standard InChI is InChI=1S/C27H25BrClN3O4S/c28-19-9-11-20(12-10-19)30-26(33)25-8-4-15-31(25)27(34)22-17-21(13-14-23(22)29)37(35,36)32-16-3-6-18-5-1-2-7-24(18)32/h1-2,5,7,9-14,17,25H,3-4,6,8,15-16H2,(H,30,33). The smallest absolute Gasteiger partial charge is 0.264 e. The first-order valence-electron chi connectivity index (χ1n) is 12.0. The van der Waals surface area contributed by atoms with Crippen LogP contribution < -0.4 is 9.62 Å². The van der Waals surface area contributed by atoms with Crippen LogP contribution in [0.3, 0.4) is 0 Å². The Bertz CT molecular complexity index is 1460. The molecule has 10 heteroatoms. The maximum absolute atomic E-state index is 13.6. The number of likely N-dealkylation sites (tertiary alicyclic amines) is 1. The van der Waals surface area contributed by atoms with Crippen LogP contribution in [-0.4, -0.2) is 44.3 Å². The summed E-state index contributed by atoms with van der Waals surface area (Å²) in [5, 5.41) is 3.00. The highest BCUT2D eigenvalue weighted by atomic mass is 79.9. The van der Waals surface area contributed by atoms with Crippen molar-refractivity contribution in [1.82, 2.24) is 4.90 Å². The van der Waals surface area contributed by atoms with Crippen molar-refractivity contribution in [2.24, 2.45) is 0 Å². The Hall–Kier alpha value is -2.88. The van der Waals surface area contributed by atoms with Gasteiger partial charge in [0.25, 0.3) is 15.9 Å². The predicted octanol–water partition coefficient (Wildman–Crippen LogP) is 5.49. The number of anilines is 2. The summed E-state index contributed by atoms with van der Waals surface area (Å²) in [6, 6.07) is 18.1. The molecule has 1 fully saturated rings. The summed E-state index contributed by atoms with van der Waals surface area (Å²) in [5.41, 5.74) is 2.32. The van der Waals surface area contributed by atoms with Crippen LogP contribution in [0.5, 0.6) is 0 Å². The lowest BCUT2D eigenvalue weighted by atomic mass is 10.0. The van der Waals surface area contributed by atoms with Crippen molar-refractivity contribution in [2.45, 2.75) is 36.6 Å². The van der Waals surface area contributed by atoms with E-state index in [4.69, 9.17) is 11.6 Å². The minimum Gasteiger partial charge on any atom is -0.327 e. The number of carbonyl (C=O) groups is 2. The van der Waals surface area contributed by atoms with Crippen LogP contribution in [0.2, 0.25) is 5.02 Å². The molecule has 0 spiro atoms. The molecule has 0 radical (unpaired) electrons. The predicted molar refractivity (Wildman–Crippen MR) is 148 cm³/mol. The summed E-state index contributed by atoms with van der Waals surface area (Å²) in [4.78, 5) is 28.1. The van der Waals surface area contributed by atoms with Gasteiger partial charge in [-0.3, -0.25) is 13.9 Å². The number of nitrogens with zero attached hydrogens (tertiary/aromatic N) is 2. The summed E-state index contributed by atoms with van der Waals surface area (Å²) in [6.07, 6.45) is 2.68. The molecule has 1 saturated heterocycles. The van der Waals surface area contributed by atoms with Crippen LogP contribution in [0.1, 0.15) is 35.2 Å². The molecule has 192 valence electrons. The van der Waals surface area contributed by atoms with E-state index in [0.717, 1.165) is 16.5 Å². The molecule has 37 heavy (non-hydrogen) atoms. The van der Waals surface area contributed by atoms with E-state index in [9.17, 15) is 18.0 Å². The van der Waals surface area contributed by atoms with Crippen molar-refractivity contribution >= 4 is 60.7 Å². The van der Waals surface area contributed by atoms with Gasteiger partial charge in [-0.2, -0.15) is 0 Å². The quantitative estimate of drug-likeness (QED) is 0.419. The lowest BCUT2D eigenvalue weighted by Crippen LogP contribution is -2.43. The van der Waals surface area contributed by atoms with Crippen molar-refractivity contribution in [2.75, 3.05) is 22.7 Å². The fourth-order valence-electron chi connectivity index (χ4n) is 4.90. The van der Waals surface area contributed by atoms with E-state index in [-0.39, 0.29) is 21.4 Å². The SMILES string of the molecule is O=C(Nc1ccc(Br)cc1)C1CCCN1C(=O)c1cc(S(=O)(=O)N2CCCc3ccccc32)ccc1Cl. The van der Waals surface area contributed by atoms with Crippen molar-refractivity contribution in [3.63, 3.8) is 0 Å². The number of carbonyl (C=O) groups excluding carboxylic acids is 2. The second-order valence-electron chi connectivity index (χ2n) is 9.10. The molecular formula is C27H25BrClN3O4S. The zero-order chi connectivity index (χ0) is 26.2. The molecule has 1 N–H and O–H groups in total. The largest absolute Gasteiger partial charge is 0.327 e. The van der Waals surface area contributed by atoms with Gasteiger partial charge in [0.1, 0.15) is 6.04 Å². The fourth-order valence-corrected chi connectivity index (χ4v) is 6.93. The highest BCUT2D eigenvalue weighted by molar-refractivity contribution is 9.10. The lowest BCUT2D eigenvalue weighted by molar-refractivity contribution is -0.119. The second kappa shape index (κ2) is 10.5. The molecule has 3 aromatic rings. The van der Waals surface area contributed by atoms with E-state index < -0.39 is 22.0 Å². The molecule has 0 bridgehead atoms. The molecule has 0 saturated carbocycles. The summed E-state index contributed by atoms with van der Waals surface area (Å²) >= 11 is 9.77. The van der Waals surface area contributed by atoms with Crippen molar-refractivity contribution in [1.29, 1.82) is 0 Å². The first-order valence-corrected chi connectivity index (χ1v) is 14.6. The third-order valence-corrected chi connectivity index (χ3v) is 9.42. The van der Waals surface area contributed by atoms with Gasteiger partial charge >= 0.3 is 0 Å². The number of hydrogen-bond donors (Lipinski definition) is 1. The minimum absolute atomic E-state index is 0.00739. The summed E-state index contributed by atoms with van der Waals surface area (Å²) in [7, 11) is -3.92. The maximum atomic E-state index is 13.6. The van der Waals surface area contributed by atoms with Gasteiger partial charge in [-0.1, -0.05) is 45.7 Å². The molecule has 2 heterocycles. The van der Waals surface area contributed by atoms with Crippen LogP contribution in [-0.2, 0) is 21.2 Å². The van der Waals surface area contributed by atoms with Crippen molar-refractivity contribution < 1.29 is 18.0 Å². The molecule has 0 aliphatic carbocycles. The Morgan fingerprint density at radius 3 is 2.51 bits per heavy atom. The van der Waals surface area contributed by atoms with E-state index in [1.165, 1.54) is 27.4 Å². The molecule has 0 aromatic heterocycles. The Morgan fingerprint density at radius 1 is 0.973 bits per heavy atom. The van der Waals surface area contributed by atoms with Gasteiger partial charge in [0.2, 0.25) is 5.91 Å².